The zero-order valence-corrected chi connectivity index (χ0v) is 14.9. The summed E-state index contributed by atoms with van der Waals surface area (Å²) in [5.41, 5.74) is 6.46. The molecule has 0 aromatic heterocycles. The molecular formula is C28H18. The molecule has 28 heavy (non-hydrogen) atoms. The van der Waals surface area contributed by atoms with Crippen molar-refractivity contribution in [1.29, 1.82) is 0 Å². The molecule has 0 heterocycles. The van der Waals surface area contributed by atoms with E-state index in [9.17, 15) is 0 Å². The highest BCUT2D eigenvalue weighted by Gasteiger charge is 2.36. The van der Waals surface area contributed by atoms with Gasteiger partial charge in [0.1, 0.15) is 0 Å². The number of rotatable bonds is 2. The smallest absolute Gasteiger partial charge is 0.0622 e. The van der Waals surface area contributed by atoms with Gasteiger partial charge in [-0.2, -0.15) is 0 Å². The molecule has 4 aromatic carbocycles. The van der Waals surface area contributed by atoms with Crippen LogP contribution in [0.15, 0.2) is 109 Å². The Balaban J connectivity index is 1.88. The highest BCUT2D eigenvalue weighted by atomic mass is 14.4. The van der Waals surface area contributed by atoms with Crippen molar-refractivity contribution in [2.75, 3.05) is 0 Å². The Labute approximate surface area is 173 Å². The van der Waals surface area contributed by atoms with Gasteiger partial charge in [-0.05, 0) is 55.7 Å². The zero-order valence-electron chi connectivity index (χ0n) is 20.9. The Bertz CT molecular complexity index is 1450. The van der Waals surface area contributed by atoms with Crippen molar-refractivity contribution < 1.29 is 8.22 Å². The lowest BCUT2D eigenvalue weighted by atomic mass is 9.92. The van der Waals surface area contributed by atoms with Crippen LogP contribution in [0.1, 0.15) is 41.6 Å². The summed E-state index contributed by atoms with van der Waals surface area (Å²) in [6.07, 6.45) is 0. The van der Waals surface area contributed by atoms with Crippen LogP contribution in [0.3, 0.4) is 0 Å². The molecule has 0 aliphatic heterocycles. The van der Waals surface area contributed by atoms with E-state index in [1.807, 2.05) is 12.1 Å². The van der Waals surface area contributed by atoms with E-state index in [2.05, 4.69) is 0 Å². The second kappa shape index (κ2) is 5.94. The van der Waals surface area contributed by atoms with Crippen molar-refractivity contribution >= 4 is 22.3 Å². The first kappa shape index (κ1) is 10.6. The average Bonchev–Trinajstić information content (AvgIpc) is 3.29. The van der Waals surface area contributed by atoms with Gasteiger partial charge < -0.3 is 0 Å². The van der Waals surface area contributed by atoms with Crippen LogP contribution in [0.2, 0.25) is 0 Å². The highest BCUT2D eigenvalue weighted by molar-refractivity contribution is 6.35. The van der Waals surface area contributed by atoms with Crippen molar-refractivity contribution in [3.8, 4) is 0 Å². The van der Waals surface area contributed by atoms with Gasteiger partial charge in [0.05, 0.1) is 8.22 Å². The van der Waals surface area contributed by atoms with E-state index >= 15 is 0 Å². The van der Waals surface area contributed by atoms with Gasteiger partial charge in [0.15, 0.2) is 0 Å². The van der Waals surface area contributed by atoms with E-state index < -0.39 is 0 Å². The molecule has 2 aliphatic rings. The third-order valence-corrected chi connectivity index (χ3v) is 5.30. The predicted molar refractivity (Wildman–Crippen MR) is 118 cm³/mol. The molecule has 6 rings (SSSR count). The second-order valence-electron chi connectivity index (χ2n) is 6.80. The average molecular weight is 360 g/mol. The fourth-order valence-electron chi connectivity index (χ4n) is 4.24. The minimum atomic E-state index is 0.206. The summed E-state index contributed by atoms with van der Waals surface area (Å²) >= 11 is 0. The van der Waals surface area contributed by atoms with Crippen LogP contribution < -0.4 is 0 Å². The third kappa shape index (κ3) is 2.06. The van der Waals surface area contributed by atoms with Crippen LogP contribution in [0.4, 0.5) is 0 Å². The molecule has 0 bridgehead atoms. The van der Waals surface area contributed by atoms with E-state index in [0.717, 1.165) is 11.1 Å². The van der Waals surface area contributed by atoms with Crippen molar-refractivity contribution in [3.63, 3.8) is 0 Å². The van der Waals surface area contributed by atoms with Crippen LogP contribution in [0, 0.1) is 0 Å². The van der Waals surface area contributed by atoms with Gasteiger partial charge in [-0.25, -0.2) is 0 Å². The Morgan fingerprint density at radius 2 is 0.750 bits per heavy atom. The van der Waals surface area contributed by atoms with Crippen LogP contribution in [0.25, 0.3) is 22.3 Å². The quantitative estimate of drug-likeness (QED) is 0.363. The van der Waals surface area contributed by atoms with Crippen molar-refractivity contribution in [3.05, 3.63) is 142 Å². The monoisotopic (exact) mass is 360 g/mol. The first-order valence-corrected chi connectivity index (χ1v) is 9.23. The fourth-order valence-corrected chi connectivity index (χ4v) is 4.24. The minimum absolute atomic E-state index is 0.206. The van der Waals surface area contributed by atoms with E-state index in [0.29, 0.717) is 56.6 Å². The molecular weight excluding hydrogens is 336 g/mol. The molecule has 0 heteroatoms. The normalized spacial score (nSPS) is 17.1. The third-order valence-electron chi connectivity index (χ3n) is 5.30. The summed E-state index contributed by atoms with van der Waals surface area (Å²) in [5.74, 6) is 0. The predicted octanol–water partition coefficient (Wildman–Crippen LogP) is 6.93. The summed E-state index contributed by atoms with van der Waals surface area (Å²) in [6.45, 7) is 0. The molecule has 2 aliphatic carbocycles. The topological polar surface area (TPSA) is 0 Å². The second-order valence-corrected chi connectivity index (χ2v) is 6.80. The van der Waals surface area contributed by atoms with Gasteiger partial charge in [0.25, 0.3) is 0 Å². The molecule has 130 valence electrons. The Morgan fingerprint density at radius 1 is 0.357 bits per heavy atom. The SMILES string of the molecule is [2H]c1cccc([2H])c1C1=C2C(=C(c3c([2H])cccc3[2H])c3cccc([2H])c32)c2c([2H])cccc21. The summed E-state index contributed by atoms with van der Waals surface area (Å²) in [6, 6.07) is 22.1. The molecule has 0 N–H and O–H groups in total. The summed E-state index contributed by atoms with van der Waals surface area (Å²) in [5, 5.41) is 0. The number of fused-ring (bicyclic) bond motifs is 5. The maximum Gasteiger partial charge on any atom is 0.0629 e. The maximum atomic E-state index is 8.79. The van der Waals surface area contributed by atoms with Crippen LogP contribution in [0.5, 0.6) is 0 Å². The van der Waals surface area contributed by atoms with Crippen LogP contribution in [-0.2, 0) is 0 Å². The summed E-state index contributed by atoms with van der Waals surface area (Å²) in [7, 11) is 0. The molecule has 0 saturated heterocycles. The lowest BCUT2D eigenvalue weighted by Gasteiger charge is -2.11. The molecule has 0 nitrogen and oxygen atoms in total. The van der Waals surface area contributed by atoms with Crippen molar-refractivity contribution in [1.82, 2.24) is 0 Å². The van der Waals surface area contributed by atoms with Crippen molar-refractivity contribution in [2.24, 2.45) is 0 Å². The summed E-state index contributed by atoms with van der Waals surface area (Å²) < 4.78 is 52.1. The number of hydrogen-bond acceptors (Lipinski definition) is 0. The number of benzene rings is 4. The molecule has 0 atom stereocenters. The standard InChI is InChI=1S/C28H18/c1-3-11-19(12-4-1)25-21-15-7-9-17-23(21)28-26(20-13-5-2-6-14-20)22-16-8-10-18-24(22)27(25)28/h1-18H/i11D,12D,13D,14D,17D,18D. The first-order valence-electron chi connectivity index (χ1n) is 12.2. The molecule has 0 radical (unpaired) electrons. The van der Waals surface area contributed by atoms with E-state index in [1.54, 1.807) is 60.7 Å². The van der Waals surface area contributed by atoms with Gasteiger partial charge >= 0.3 is 0 Å². The molecule has 0 amide bonds. The van der Waals surface area contributed by atoms with Crippen molar-refractivity contribution in [2.45, 2.75) is 0 Å². The Morgan fingerprint density at radius 3 is 1.18 bits per heavy atom. The van der Waals surface area contributed by atoms with E-state index in [-0.39, 0.29) is 24.2 Å². The molecule has 4 aromatic rings. The molecule has 0 saturated carbocycles. The first-order chi connectivity index (χ1) is 16.4. The molecule has 0 unspecified atom stereocenters. The van der Waals surface area contributed by atoms with Gasteiger partial charge in [0, 0.05) is 0 Å². The van der Waals surface area contributed by atoms with Gasteiger partial charge in [-0.3, -0.25) is 0 Å². The fraction of sp³-hybridized carbons (Fsp3) is 0. The Kier molecular flexibility index (Phi) is 2.25. The maximum absolute atomic E-state index is 8.79. The van der Waals surface area contributed by atoms with Gasteiger partial charge in [-0.15, -0.1) is 0 Å². The summed E-state index contributed by atoms with van der Waals surface area (Å²) in [4.78, 5) is 0. The zero-order chi connectivity index (χ0) is 23.7. The van der Waals surface area contributed by atoms with E-state index in [4.69, 9.17) is 8.22 Å². The number of hydrogen-bond donors (Lipinski definition) is 0. The van der Waals surface area contributed by atoms with Gasteiger partial charge in [0.2, 0.25) is 0 Å². The largest absolute Gasteiger partial charge is 0.0629 e. The molecule has 0 fully saturated rings. The number of allylic oxidation sites excluding steroid dienone is 2. The lowest BCUT2D eigenvalue weighted by Crippen LogP contribution is -1.91. The molecule has 0 spiro atoms. The van der Waals surface area contributed by atoms with Gasteiger partial charge in [-0.1, -0.05) is 109 Å². The Hall–Kier alpha value is -3.64. The highest BCUT2D eigenvalue weighted by Crippen LogP contribution is 2.58. The van der Waals surface area contributed by atoms with E-state index in [1.165, 1.54) is 0 Å². The van der Waals surface area contributed by atoms with Crippen LogP contribution in [-0.4, -0.2) is 0 Å². The minimum Gasteiger partial charge on any atom is -0.0622 e. The van der Waals surface area contributed by atoms with Crippen LogP contribution >= 0.6 is 0 Å². The lowest BCUT2D eigenvalue weighted by molar-refractivity contribution is 1.52.